The van der Waals surface area contributed by atoms with Crippen molar-refractivity contribution in [1.29, 1.82) is 0 Å². The summed E-state index contributed by atoms with van der Waals surface area (Å²) in [5.74, 6) is 0.329. The summed E-state index contributed by atoms with van der Waals surface area (Å²) in [5.41, 5.74) is 1.38. The molecule has 8 heteroatoms. The highest BCUT2D eigenvalue weighted by Gasteiger charge is 2.28. The largest absolute Gasteiger partial charge is 0.497 e. The van der Waals surface area contributed by atoms with Gasteiger partial charge in [-0.15, -0.1) is 0 Å². The molecule has 0 N–H and O–H groups in total. The van der Waals surface area contributed by atoms with Crippen molar-refractivity contribution in [3.05, 3.63) is 54.1 Å². The van der Waals surface area contributed by atoms with E-state index in [4.69, 9.17) is 9.47 Å². The summed E-state index contributed by atoms with van der Waals surface area (Å²) in [6.45, 7) is 4.00. The molecule has 150 valence electrons. The van der Waals surface area contributed by atoms with Crippen LogP contribution in [-0.2, 0) is 14.8 Å². The number of methoxy groups -OCH3 is 1. The second kappa shape index (κ2) is 8.62. The number of esters is 1. The van der Waals surface area contributed by atoms with Gasteiger partial charge in [0, 0.05) is 31.9 Å². The van der Waals surface area contributed by atoms with Crippen molar-refractivity contribution in [3.8, 4) is 5.75 Å². The van der Waals surface area contributed by atoms with Gasteiger partial charge in [0.05, 0.1) is 24.2 Å². The van der Waals surface area contributed by atoms with Crippen molar-refractivity contribution in [1.82, 2.24) is 4.31 Å². The number of nitrogens with zero attached hydrogens (tertiary/aromatic N) is 2. The van der Waals surface area contributed by atoms with Gasteiger partial charge in [-0.3, -0.25) is 0 Å². The van der Waals surface area contributed by atoms with E-state index >= 15 is 0 Å². The number of piperazine rings is 1. The maximum Gasteiger partial charge on any atom is 0.338 e. The van der Waals surface area contributed by atoms with E-state index in [1.54, 1.807) is 14.0 Å². The van der Waals surface area contributed by atoms with Crippen LogP contribution in [0, 0.1) is 0 Å². The zero-order valence-electron chi connectivity index (χ0n) is 16.0. The fourth-order valence-electron chi connectivity index (χ4n) is 3.11. The first-order valence-corrected chi connectivity index (χ1v) is 10.6. The number of carbonyl (C=O) groups excluding carboxylic acids is 1. The summed E-state index contributed by atoms with van der Waals surface area (Å²) in [5, 5.41) is 0. The second-order valence-electron chi connectivity index (χ2n) is 6.33. The highest BCUT2D eigenvalue weighted by molar-refractivity contribution is 7.89. The lowest BCUT2D eigenvalue weighted by Crippen LogP contribution is -2.48. The van der Waals surface area contributed by atoms with Crippen molar-refractivity contribution >= 4 is 21.7 Å². The first kappa shape index (κ1) is 20.2. The smallest absolute Gasteiger partial charge is 0.338 e. The molecule has 0 bridgehead atoms. The van der Waals surface area contributed by atoms with Gasteiger partial charge in [0.1, 0.15) is 5.75 Å². The molecule has 0 spiro atoms. The third-order valence-electron chi connectivity index (χ3n) is 4.68. The van der Waals surface area contributed by atoms with Gasteiger partial charge >= 0.3 is 5.97 Å². The van der Waals surface area contributed by atoms with Gasteiger partial charge in [-0.2, -0.15) is 4.31 Å². The minimum Gasteiger partial charge on any atom is -0.497 e. The molecule has 7 nitrogen and oxygen atoms in total. The molecule has 3 rings (SSSR count). The summed E-state index contributed by atoms with van der Waals surface area (Å²) in [6, 6.07) is 13.6. The van der Waals surface area contributed by atoms with Gasteiger partial charge in [-0.25, -0.2) is 13.2 Å². The third-order valence-corrected chi connectivity index (χ3v) is 6.59. The Morgan fingerprint density at radius 2 is 1.57 bits per heavy atom. The van der Waals surface area contributed by atoms with Gasteiger partial charge < -0.3 is 14.4 Å². The minimum absolute atomic E-state index is 0.179. The summed E-state index contributed by atoms with van der Waals surface area (Å²) < 4.78 is 37.4. The molecule has 0 radical (unpaired) electrons. The Morgan fingerprint density at radius 1 is 0.964 bits per heavy atom. The Kier molecular flexibility index (Phi) is 6.21. The lowest BCUT2D eigenvalue weighted by atomic mass is 10.2. The molecular formula is C20H24N2O5S. The fourth-order valence-corrected chi connectivity index (χ4v) is 4.53. The van der Waals surface area contributed by atoms with E-state index in [2.05, 4.69) is 4.90 Å². The van der Waals surface area contributed by atoms with Gasteiger partial charge in [-0.1, -0.05) is 0 Å². The Morgan fingerprint density at radius 3 is 2.11 bits per heavy atom. The average Bonchev–Trinajstić information content (AvgIpc) is 2.74. The number of anilines is 1. The molecule has 1 heterocycles. The molecule has 0 unspecified atom stereocenters. The quantitative estimate of drug-likeness (QED) is 0.688. The zero-order valence-corrected chi connectivity index (χ0v) is 16.8. The molecule has 1 aliphatic rings. The Hall–Kier alpha value is -2.58. The summed E-state index contributed by atoms with van der Waals surface area (Å²) in [4.78, 5) is 14.1. The Labute approximate surface area is 165 Å². The van der Waals surface area contributed by atoms with Crippen LogP contribution >= 0.6 is 0 Å². The fraction of sp³-hybridized carbons (Fsp3) is 0.350. The number of sulfonamides is 1. The highest BCUT2D eigenvalue weighted by atomic mass is 32.2. The van der Waals surface area contributed by atoms with Crippen molar-refractivity contribution in [2.45, 2.75) is 11.8 Å². The SMILES string of the molecule is CCOC(=O)c1ccc(S(=O)(=O)N2CCN(c3ccc(OC)cc3)CC2)cc1. The summed E-state index contributed by atoms with van der Waals surface area (Å²) in [6.07, 6.45) is 0. The number of carbonyl (C=O) groups is 1. The van der Waals surface area contributed by atoms with Crippen LogP contribution in [0.2, 0.25) is 0 Å². The van der Waals surface area contributed by atoms with E-state index in [0.29, 0.717) is 31.7 Å². The summed E-state index contributed by atoms with van der Waals surface area (Å²) >= 11 is 0. The minimum atomic E-state index is -3.60. The molecule has 0 amide bonds. The maximum atomic E-state index is 12.9. The first-order valence-electron chi connectivity index (χ1n) is 9.12. The Balaban J connectivity index is 1.66. The van der Waals surface area contributed by atoms with Crippen molar-refractivity contribution in [2.24, 2.45) is 0 Å². The van der Waals surface area contributed by atoms with Gasteiger partial charge in [-0.05, 0) is 55.5 Å². The van der Waals surface area contributed by atoms with Crippen LogP contribution in [-0.4, -0.2) is 58.6 Å². The van der Waals surface area contributed by atoms with Crippen LogP contribution in [0.15, 0.2) is 53.4 Å². The Bertz CT molecular complexity index is 903. The second-order valence-corrected chi connectivity index (χ2v) is 8.27. The number of hydrogen-bond donors (Lipinski definition) is 0. The van der Waals surface area contributed by atoms with Crippen molar-refractivity contribution in [2.75, 3.05) is 44.8 Å². The predicted molar refractivity (Wildman–Crippen MR) is 106 cm³/mol. The average molecular weight is 404 g/mol. The third kappa shape index (κ3) is 4.28. The zero-order chi connectivity index (χ0) is 20.1. The van der Waals surface area contributed by atoms with E-state index in [-0.39, 0.29) is 11.5 Å². The normalized spacial score (nSPS) is 15.3. The van der Waals surface area contributed by atoms with Gasteiger partial charge in [0.15, 0.2) is 0 Å². The first-order chi connectivity index (χ1) is 13.5. The molecule has 0 atom stereocenters. The molecule has 1 fully saturated rings. The van der Waals surface area contributed by atoms with Gasteiger partial charge in [0.2, 0.25) is 10.0 Å². The number of rotatable bonds is 6. The lowest BCUT2D eigenvalue weighted by molar-refractivity contribution is 0.0526. The van der Waals surface area contributed by atoms with Crippen LogP contribution in [0.3, 0.4) is 0 Å². The molecule has 0 saturated carbocycles. The molecule has 0 aromatic heterocycles. The maximum absolute atomic E-state index is 12.9. The number of benzene rings is 2. The van der Waals surface area contributed by atoms with Crippen molar-refractivity contribution < 1.29 is 22.7 Å². The van der Waals surface area contributed by atoms with Crippen LogP contribution in [0.25, 0.3) is 0 Å². The van der Waals surface area contributed by atoms with E-state index in [1.165, 1.54) is 28.6 Å². The van der Waals surface area contributed by atoms with Crippen LogP contribution in [0.4, 0.5) is 5.69 Å². The number of ether oxygens (including phenoxy) is 2. The molecule has 1 aliphatic heterocycles. The monoisotopic (exact) mass is 404 g/mol. The highest BCUT2D eigenvalue weighted by Crippen LogP contribution is 2.23. The van der Waals surface area contributed by atoms with Gasteiger partial charge in [0.25, 0.3) is 0 Å². The van der Waals surface area contributed by atoms with E-state index in [0.717, 1.165) is 11.4 Å². The molecule has 28 heavy (non-hydrogen) atoms. The van der Waals surface area contributed by atoms with E-state index < -0.39 is 16.0 Å². The van der Waals surface area contributed by atoms with Crippen molar-refractivity contribution in [3.63, 3.8) is 0 Å². The summed E-state index contributed by atoms with van der Waals surface area (Å²) in [7, 11) is -1.98. The molecule has 0 aliphatic carbocycles. The standard InChI is InChI=1S/C20H24N2O5S/c1-3-27-20(23)16-4-10-19(11-5-16)28(24,25)22-14-12-21(13-15-22)17-6-8-18(26-2)9-7-17/h4-11H,3,12-15H2,1-2H3. The van der Waals surface area contributed by atoms with Crippen LogP contribution in [0.5, 0.6) is 5.75 Å². The topological polar surface area (TPSA) is 76.2 Å². The molecule has 2 aromatic rings. The lowest BCUT2D eigenvalue weighted by Gasteiger charge is -2.35. The molecule has 1 saturated heterocycles. The van der Waals surface area contributed by atoms with Crippen LogP contribution < -0.4 is 9.64 Å². The number of hydrogen-bond acceptors (Lipinski definition) is 6. The van der Waals surface area contributed by atoms with Crippen LogP contribution in [0.1, 0.15) is 17.3 Å². The van der Waals surface area contributed by atoms with E-state index in [1.807, 2.05) is 24.3 Å². The predicted octanol–water partition coefficient (Wildman–Crippen LogP) is 2.38. The van der Waals surface area contributed by atoms with E-state index in [9.17, 15) is 13.2 Å². The molecule has 2 aromatic carbocycles. The molecular weight excluding hydrogens is 380 g/mol.